The fourth-order valence-electron chi connectivity index (χ4n) is 2.38. The van der Waals surface area contributed by atoms with Gasteiger partial charge in [-0.2, -0.15) is 0 Å². The maximum Gasteiger partial charge on any atom is 0.120 e. The van der Waals surface area contributed by atoms with Gasteiger partial charge in [0.1, 0.15) is 5.75 Å². The van der Waals surface area contributed by atoms with Gasteiger partial charge in [-0.15, -0.1) is 0 Å². The minimum atomic E-state index is 0.406. The molecule has 0 saturated heterocycles. The number of phenolic OH excluding ortho intramolecular Hbond substituents is 1. The average Bonchev–Trinajstić information content (AvgIpc) is 2.41. The SMILES string of the molecule is CCCN(CC)Cc1c(O)ccc2ccccc12. The number of hydrogen-bond donors (Lipinski definition) is 1. The normalized spacial score (nSPS) is 11.3. The summed E-state index contributed by atoms with van der Waals surface area (Å²) in [6.07, 6.45) is 1.14. The van der Waals surface area contributed by atoms with Gasteiger partial charge in [0.25, 0.3) is 0 Å². The van der Waals surface area contributed by atoms with Crippen molar-refractivity contribution in [3.8, 4) is 5.75 Å². The number of phenols is 1. The molecule has 2 aromatic carbocycles. The van der Waals surface area contributed by atoms with Gasteiger partial charge in [-0.05, 0) is 36.3 Å². The van der Waals surface area contributed by atoms with Crippen molar-refractivity contribution in [2.45, 2.75) is 26.8 Å². The van der Waals surface area contributed by atoms with Gasteiger partial charge in [0.15, 0.2) is 0 Å². The van der Waals surface area contributed by atoms with Crippen molar-refractivity contribution in [2.24, 2.45) is 0 Å². The first-order valence-corrected chi connectivity index (χ1v) is 6.68. The fraction of sp³-hybridized carbons (Fsp3) is 0.375. The first-order chi connectivity index (χ1) is 8.76. The van der Waals surface area contributed by atoms with Crippen LogP contribution in [0.3, 0.4) is 0 Å². The molecule has 0 heterocycles. The van der Waals surface area contributed by atoms with E-state index in [1.54, 1.807) is 6.07 Å². The Morgan fingerprint density at radius 1 is 1.06 bits per heavy atom. The molecule has 2 nitrogen and oxygen atoms in total. The molecule has 0 amide bonds. The topological polar surface area (TPSA) is 23.5 Å². The van der Waals surface area contributed by atoms with Crippen molar-refractivity contribution in [3.05, 3.63) is 42.0 Å². The highest BCUT2D eigenvalue weighted by molar-refractivity contribution is 5.87. The predicted octanol–water partition coefficient (Wildman–Crippen LogP) is 3.78. The lowest BCUT2D eigenvalue weighted by molar-refractivity contribution is 0.277. The van der Waals surface area contributed by atoms with Crippen LogP contribution in [0.2, 0.25) is 0 Å². The van der Waals surface area contributed by atoms with E-state index in [0.29, 0.717) is 5.75 Å². The number of hydrogen-bond acceptors (Lipinski definition) is 2. The third-order valence-electron chi connectivity index (χ3n) is 3.38. The summed E-state index contributed by atoms with van der Waals surface area (Å²) in [5, 5.41) is 12.4. The van der Waals surface area contributed by atoms with Gasteiger partial charge in [0, 0.05) is 12.1 Å². The molecule has 0 aliphatic carbocycles. The molecular formula is C16H21NO. The lowest BCUT2D eigenvalue weighted by Crippen LogP contribution is -2.23. The minimum absolute atomic E-state index is 0.406. The second-order valence-electron chi connectivity index (χ2n) is 4.65. The van der Waals surface area contributed by atoms with Crippen molar-refractivity contribution in [3.63, 3.8) is 0 Å². The van der Waals surface area contributed by atoms with Crippen molar-refractivity contribution >= 4 is 10.8 Å². The Morgan fingerprint density at radius 3 is 2.56 bits per heavy atom. The molecule has 0 aromatic heterocycles. The van der Waals surface area contributed by atoms with Crippen molar-refractivity contribution in [1.29, 1.82) is 0 Å². The highest BCUT2D eigenvalue weighted by Gasteiger charge is 2.10. The molecule has 2 heteroatoms. The van der Waals surface area contributed by atoms with Gasteiger partial charge >= 0.3 is 0 Å². The van der Waals surface area contributed by atoms with Crippen molar-refractivity contribution in [1.82, 2.24) is 4.90 Å². The molecule has 2 rings (SSSR count). The Labute approximate surface area is 109 Å². The Kier molecular flexibility index (Phi) is 4.21. The predicted molar refractivity (Wildman–Crippen MR) is 76.9 cm³/mol. The van der Waals surface area contributed by atoms with E-state index in [4.69, 9.17) is 0 Å². The van der Waals surface area contributed by atoms with Crippen LogP contribution in [0, 0.1) is 0 Å². The largest absolute Gasteiger partial charge is 0.508 e. The highest BCUT2D eigenvalue weighted by Crippen LogP contribution is 2.28. The number of rotatable bonds is 5. The summed E-state index contributed by atoms with van der Waals surface area (Å²) < 4.78 is 0. The second-order valence-corrected chi connectivity index (χ2v) is 4.65. The summed E-state index contributed by atoms with van der Waals surface area (Å²) in [6.45, 7) is 7.25. The maximum atomic E-state index is 10.1. The third kappa shape index (κ3) is 2.65. The first-order valence-electron chi connectivity index (χ1n) is 6.68. The zero-order chi connectivity index (χ0) is 13.0. The number of nitrogens with zero attached hydrogens (tertiary/aromatic N) is 1. The molecular weight excluding hydrogens is 222 g/mol. The van der Waals surface area contributed by atoms with E-state index in [1.807, 2.05) is 18.2 Å². The molecule has 0 atom stereocenters. The van der Waals surface area contributed by atoms with Crippen LogP contribution in [0.1, 0.15) is 25.8 Å². The Hall–Kier alpha value is -1.54. The summed E-state index contributed by atoms with van der Waals surface area (Å²) in [5.74, 6) is 0.406. The standard InChI is InChI=1S/C16H21NO/c1-3-11-17(4-2)12-15-14-8-6-5-7-13(14)9-10-16(15)18/h5-10,18H,3-4,11-12H2,1-2H3. The number of aromatic hydroxyl groups is 1. The molecule has 0 saturated carbocycles. The summed E-state index contributed by atoms with van der Waals surface area (Å²) in [6, 6.07) is 12.0. The quantitative estimate of drug-likeness (QED) is 0.864. The van der Waals surface area contributed by atoms with Crippen molar-refractivity contribution in [2.75, 3.05) is 13.1 Å². The Bertz CT molecular complexity index is 521. The van der Waals surface area contributed by atoms with E-state index in [0.717, 1.165) is 37.0 Å². The van der Waals surface area contributed by atoms with Crippen LogP contribution in [-0.2, 0) is 6.54 Å². The van der Waals surface area contributed by atoms with E-state index in [9.17, 15) is 5.11 Å². The van der Waals surface area contributed by atoms with Crippen LogP contribution in [-0.4, -0.2) is 23.1 Å². The minimum Gasteiger partial charge on any atom is -0.508 e. The second kappa shape index (κ2) is 5.87. The molecule has 96 valence electrons. The molecule has 0 aliphatic heterocycles. The molecule has 0 bridgehead atoms. The van der Waals surface area contributed by atoms with Gasteiger partial charge in [-0.25, -0.2) is 0 Å². The monoisotopic (exact) mass is 243 g/mol. The van der Waals surface area contributed by atoms with Gasteiger partial charge < -0.3 is 5.11 Å². The van der Waals surface area contributed by atoms with E-state index in [1.165, 1.54) is 5.39 Å². The summed E-state index contributed by atoms with van der Waals surface area (Å²) in [4.78, 5) is 2.36. The molecule has 0 fully saturated rings. The average molecular weight is 243 g/mol. The Morgan fingerprint density at radius 2 is 1.83 bits per heavy atom. The lowest BCUT2D eigenvalue weighted by atomic mass is 10.0. The molecule has 0 unspecified atom stereocenters. The van der Waals surface area contributed by atoms with Gasteiger partial charge in [-0.3, -0.25) is 4.90 Å². The molecule has 2 aromatic rings. The smallest absolute Gasteiger partial charge is 0.120 e. The molecule has 1 N–H and O–H groups in total. The molecule has 0 aliphatic rings. The van der Waals surface area contributed by atoms with Crippen LogP contribution < -0.4 is 0 Å². The van der Waals surface area contributed by atoms with Crippen LogP contribution in [0.4, 0.5) is 0 Å². The zero-order valence-electron chi connectivity index (χ0n) is 11.2. The first kappa shape index (κ1) is 12.9. The lowest BCUT2D eigenvalue weighted by Gasteiger charge is -2.21. The van der Waals surface area contributed by atoms with Gasteiger partial charge in [0.05, 0.1) is 0 Å². The number of fused-ring (bicyclic) bond motifs is 1. The highest BCUT2D eigenvalue weighted by atomic mass is 16.3. The van der Waals surface area contributed by atoms with E-state index < -0.39 is 0 Å². The van der Waals surface area contributed by atoms with Crippen LogP contribution in [0.25, 0.3) is 10.8 Å². The summed E-state index contributed by atoms with van der Waals surface area (Å²) in [5.41, 5.74) is 1.04. The van der Waals surface area contributed by atoms with Crippen molar-refractivity contribution < 1.29 is 5.11 Å². The van der Waals surface area contributed by atoms with Crippen LogP contribution in [0.15, 0.2) is 36.4 Å². The van der Waals surface area contributed by atoms with Gasteiger partial charge in [-0.1, -0.05) is 44.2 Å². The summed E-state index contributed by atoms with van der Waals surface area (Å²) >= 11 is 0. The maximum absolute atomic E-state index is 10.1. The van der Waals surface area contributed by atoms with E-state index in [2.05, 4.69) is 30.9 Å². The fourth-order valence-corrected chi connectivity index (χ4v) is 2.38. The van der Waals surface area contributed by atoms with E-state index in [-0.39, 0.29) is 0 Å². The van der Waals surface area contributed by atoms with Crippen LogP contribution in [0.5, 0.6) is 5.75 Å². The third-order valence-corrected chi connectivity index (χ3v) is 3.38. The molecule has 0 radical (unpaired) electrons. The zero-order valence-corrected chi connectivity index (χ0v) is 11.2. The van der Waals surface area contributed by atoms with E-state index >= 15 is 0 Å². The molecule has 18 heavy (non-hydrogen) atoms. The van der Waals surface area contributed by atoms with Gasteiger partial charge in [0.2, 0.25) is 0 Å². The van der Waals surface area contributed by atoms with Crippen LogP contribution >= 0.6 is 0 Å². The number of benzene rings is 2. The Balaban J connectivity index is 2.39. The molecule has 0 spiro atoms. The summed E-state index contributed by atoms with van der Waals surface area (Å²) in [7, 11) is 0.